The molecule has 1 aromatic rings. The maximum absolute atomic E-state index is 11.5. The molecule has 1 heterocycles. The lowest BCUT2D eigenvalue weighted by Crippen LogP contribution is -2.34. The molecule has 0 bridgehead atoms. The van der Waals surface area contributed by atoms with Crippen molar-refractivity contribution in [2.24, 2.45) is 5.41 Å². The van der Waals surface area contributed by atoms with Crippen molar-refractivity contribution >= 4 is 5.97 Å². The monoisotopic (exact) mass is 279 g/mol. The van der Waals surface area contributed by atoms with Crippen LogP contribution in [0.25, 0.3) is 0 Å². The summed E-state index contributed by atoms with van der Waals surface area (Å²) in [6.07, 6.45) is 6.01. The molecule has 1 atom stereocenters. The van der Waals surface area contributed by atoms with Gasteiger partial charge < -0.3 is 14.5 Å². The molecule has 0 amide bonds. The van der Waals surface area contributed by atoms with E-state index in [1.165, 1.54) is 32.8 Å². The summed E-state index contributed by atoms with van der Waals surface area (Å²) in [6.45, 7) is 5.42. The Morgan fingerprint density at radius 1 is 1.45 bits per heavy atom. The molecule has 1 fully saturated rings. The van der Waals surface area contributed by atoms with E-state index in [0.29, 0.717) is 0 Å². The van der Waals surface area contributed by atoms with Crippen LogP contribution in [-0.2, 0) is 4.74 Å². The normalized spacial score (nSPS) is 18.9. The number of esters is 1. The number of hydrogen-bond donors (Lipinski definition) is 1. The molecule has 1 unspecified atom stereocenters. The molecule has 20 heavy (non-hydrogen) atoms. The van der Waals surface area contributed by atoms with E-state index in [9.17, 15) is 4.79 Å². The topological polar surface area (TPSA) is 51.5 Å². The van der Waals surface area contributed by atoms with E-state index in [4.69, 9.17) is 9.15 Å². The number of rotatable bonds is 6. The predicted molar refractivity (Wildman–Crippen MR) is 77.7 cm³/mol. The van der Waals surface area contributed by atoms with Crippen LogP contribution in [0.2, 0.25) is 0 Å². The zero-order valence-corrected chi connectivity index (χ0v) is 12.7. The van der Waals surface area contributed by atoms with Crippen LogP contribution in [0.5, 0.6) is 0 Å². The van der Waals surface area contributed by atoms with E-state index in [1.54, 1.807) is 6.07 Å². The van der Waals surface area contributed by atoms with Gasteiger partial charge in [-0.1, -0.05) is 26.7 Å². The molecule has 1 aromatic heterocycles. The quantitative estimate of drug-likeness (QED) is 0.807. The van der Waals surface area contributed by atoms with Crippen LogP contribution in [0.3, 0.4) is 0 Å². The van der Waals surface area contributed by atoms with Crippen molar-refractivity contribution in [1.82, 2.24) is 5.32 Å². The van der Waals surface area contributed by atoms with Gasteiger partial charge in [-0.05, 0) is 43.4 Å². The molecule has 112 valence electrons. The van der Waals surface area contributed by atoms with Crippen molar-refractivity contribution in [2.75, 3.05) is 13.7 Å². The molecule has 1 aliphatic rings. The second kappa shape index (κ2) is 6.44. The molecule has 1 N–H and O–H groups in total. The Labute approximate surface area is 120 Å². The van der Waals surface area contributed by atoms with Crippen molar-refractivity contribution in [3.63, 3.8) is 0 Å². The first-order valence-corrected chi connectivity index (χ1v) is 7.52. The Kier molecular flexibility index (Phi) is 4.86. The van der Waals surface area contributed by atoms with Crippen molar-refractivity contribution in [2.45, 2.75) is 52.0 Å². The van der Waals surface area contributed by atoms with Crippen LogP contribution < -0.4 is 5.32 Å². The minimum absolute atomic E-state index is 0.170. The van der Waals surface area contributed by atoms with Crippen LogP contribution in [-0.4, -0.2) is 19.6 Å². The highest BCUT2D eigenvalue weighted by Crippen LogP contribution is 2.47. The molecule has 0 aliphatic heterocycles. The number of nitrogens with one attached hydrogen (secondary N) is 1. The Bertz CT molecular complexity index is 446. The van der Waals surface area contributed by atoms with Gasteiger partial charge in [0.15, 0.2) is 0 Å². The smallest absolute Gasteiger partial charge is 0.373 e. The fourth-order valence-electron chi connectivity index (χ4n) is 3.17. The summed E-state index contributed by atoms with van der Waals surface area (Å²) >= 11 is 0. The zero-order chi connectivity index (χ0) is 14.6. The minimum atomic E-state index is -0.415. The maximum atomic E-state index is 11.5. The Morgan fingerprint density at radius 3 is 2.75 bits per heavy atom. The number of hydrogen-bond acceptors (Lipinski definition) is 4. The molecule has 0 radical (unpaired) electrons. The molecule has 0 spiro atoms. The van der Waals surface area contributed by atoms with Gasteiger partial charge in [0.2, 0.25) is 5.76 Å². The van der Waals surface area contributed by atoms with Crippen LogP contribution in [0.4, 0.5) is 0 Å². The van der Waals surface area contributed by atoms with E-state index in [-0.39, 0.29) is 17.2 Å². The number of carbonyl (C=O) groups is 1. The van der Waals surface area contributed by atoms with Gasteiger partial charge in [0.1, 0.15) is 5.76 Å². The fraction of sp³-hybridized carbons (Fsp3) is 0.688. The highest BCUT2D eigenvalue weighted by atomic mass is 16.5. The van der Waals surface area contributed by atoms with E-state index in [0.717, 1.165) is 18.7 Å². The molecule has 0 saturated heterocycles. The van der Waals surface area contributed by atoms with Crippen molar-refractivity contribution < 1.29 is 13.9 Å². The number of carbonyl (C=O) groups excluding carboxylic acids is 1. The third-order valence-electron chi connectivity index (χ3n) is 4.34. The lowest BCUT2D eigenvalue weighted by molar-refractivity contribution is 0.0558. The minimum Gasteiger partial charge on any atom is -0.463 e. The van der Waals surface area contributed by atoms with Crippen LogP contribution in [0.15, 0.2) is 16.5 Å². The van der Waals surface area contributed by atoms with Gasteiger partial charge in [-0.25, -0.2) is 4.79 Å². The molecule has 2 rings (SSSR count). The summed E-state index contributed by atoms with van der Waals surface area (Å²) in [6, 6.07) is 3.78. The first-order valence-electron chi connectivity index (χ1n) is 7.52. The van der Waals surface area contributed by atoms with E-state index < -0.39 is 5.97 Å². The third-order valence-corrected chi connectivity index (χ3v) is 4.34. The first kappa shape index (κ1) is 15.1. The van der Waals surface area contributed by atoms with E-state index in [1.807, 2.05) is 6.07 Å². The molecule has 4 nitrogen and oxygen atoms in total. The predicted octanol–water partition coefficient (Wildman–Crippen LogP) is 3.69. The second-order valence-corrected chi connectivity index (χ2v) is 5.94. The summed E-state index contributed by atoms with van der Waals surface area (Å²) in [4.78, 5) is 11.5. The summed E-state index contributed by atoms with van der Waals surface area (Å²) in [5.41, 5.74) is 0.209. The molecular formula is C16H25NO3. The maximum Gasteiger partial charge on any atom is 0.373 e. The SMILES string of the molecule is CCCNC(c1ccc(C(=O)OC)o1)C1(C)CCCC1. The van der Waals surface area contributed by atoms with Gasteiger partial charge in [0.05, 0.1) is 13.2 Å². The molecular weight excluding hydrogens is 254 g/mol. The molecule has 1 saturated carbocycles. The van der Waals surface area contributed by atoms with Gasteiger partial charge in [-0.3, -0.25) is 0 Å². The van der Waals surface area contributed by atoms with Gasteiger partial charge >= 0.3 is 5.97 Å². The highest BCUT2D eigenvalue weighted by molar-refractivity contribution is 5.86. The van der Waals surface area contributed by atoms with Gasteiger partial charge in [-0.15, -0.1) is 0 Å². The summed E-state index contributed by atoms with van der Waals surface area (Å²) in [7, 11) is 1.37. The van der Waals surface area contributed by atoms with Crippen LogP contribution in [0.1, 0.15) is 68.3 Å². The molecule has 4 heteroatoms. The Hall–Kier alpha value is -1.29. The van der Waals surface area contributed by atoms with Gasteiger partial charge in [0, 0.05) is 0 Å². The van der Waals surface area contributed by atoms with Crippen molar-refractivity contribution in [3.05, 3.63) is 23.7 Å². The fourth-order valence-corrected chi connectivity index (χ4v) is 3.17. The lowest BCUT2D eigenvalue weighted by atomic mass is 9.79. The lowest BCUT2D eigenvalue weighted by Gasteiger charge is -2.33. The van der Waals surface area contributed by atoms with Crippen LogP contribution >= 0.6 is 0 Å². The highest BCUT2D eigenvalue weighted by Gasteiger charge is 2.39. The zero-order valence-electron chi connectivity index (χ0n) is 12.7. The molecule has 1 aliphatic carbocycles. The molecule has 0 aromatic carbocycles. The number of ether oxygens (including phenoxy) is 1. The Morgan fingerprint density at radius 2 is 2.15 bits per heavy atom. The third kappa shape index (κ3) is 3.06. The summed E-state index contributed by atoms with van der Waals surface area (Å²) in [5.74, 6) is 0.720. The van der Waals surface area contributed by atoms with Crippen molar-refractivity contribution in [3.8, 4) is 0 Å². The number of methoxy groups -OCH3 is 1. The van der Waals surface area contributed by atoms with E-state index in [2.05, 4.69) is 19.2 Å². The largest absolute Gasteiger partial charge is 0.463 e. The van der Waals surface area contributed by atoms with Crippen LogP contribution in [0, 0.1) is 5.41 Å². The average molecular weight is 279 g/mol. The van der Waals surface area contributed by atoms with Gasteiger partial charge in [0.25, 0.3) is 0 Å². The standard InChI is InChI=1S/C16H25NO3/c1-4-11-17-14(16(2)9-5-6-10-16)12-7-8-13(20-12)15(18)19-3/h7-8,14,17H,4-6,9-11H2,1-3H3. The summed E-state index contributed by atoms with van der Waals surface area (Å²) in [5, 5.41) is 3.59. The second-order valence-electron chi connectivity index (χ2n) is 5.94. The van der Waals surface area contributed by atoms with E-state index >= 15 is 0 Å². The first-order chi connectivity index (χ1) is 9.60. The Balaban J connectivity index is 2.21. The summed E-state index contributed by atoms with van der Waals surface area (Å²) < 4.78 is 10.4. The van der Waals surface area contributed by atoms with Gasteiger partial charge in [-0.2, -0.15) is 0 Å². The van der Waals surface area contributed by atoms with Crippen molar-refractivity contribution in [1.29, 1.82) is 0 Å². The number of furan rings is 1. The average Bonchev–Trinajstić information content (AvgIpc) is 3.08.